The molecule has 294 valence electrons. The lowest BCUT2D eigenvalue weighted by Crippen LogP contribution is -2.17. The summed E-state index contributed by atoms with van der Waals surface area (Å²) in [6, 6.07) is 72.4. The fourth-order valence-electron chi connectivity index (χ4n) is 8.40. The van der Waals surface area contributed by atoms with Crippen LogP contribution in [0, 0.1) is 0 Å². The van der Waals surface area contributed by atoms with Crippen LogP contribution >= 0.6 is 0 Å². The highest BCUT2D eigenvalue weighted by Crippen LogP contribution is 2.52. The van der Waals surface area contributed by atoms with Crippen molar-refractivity contribution in [2.24, 2.45) is 0 Å². The molecular formula is C58H51NO. The van der Waals surface area contributed by atoms with Gasteiger partial charge in [-0.15, -0.1) is 0 Å². The average molecular weight is 778 g/mol. The van der Waals surface area contributed by atoms with Crippen LogP contribution in [0.2, 0.25) is 0 Å². The van der Waals surface area contributed by atoms with E-state index in [9.17, 15) is 0 Å². The van der Waals surface area contributed by atoms with Crippen LogP contribution in [0.5, 0.6) is 11.5 Å². The van der Waals surface area contributed by atoms with Gasteiger partial charge in [0.2, 0.25) is 0 Å². The first-order chi connectivity index (χ1) is 29.0. The topological polar surface area (TPSA) is 12.5 Å². The highest BCUT2D eigenvalue weighted by Gasteiger charge is 2.30. The number of anilines is 3. The van der Waals surface area contributed by atoms with E-state index in [0.717, 1.165) is 56.4 Å². The van der Waals surface area contributed by atoms with Crippen molar-refractivity contribution in [1.29, 1.82) is 0 Å². The number of nitrogens with zero attached hydrogens (tertiary/aromatic N) is 1. The van der Waals surface area contributed by atoms with Gasteiger partial charge in [0, 0.05) is 39.6 Å². The van der Waals surface area contributed by atoms with E-state index in [1.807, 2.05) is 0 Å². The van der Waals surface area contributed by atoms with Crippen LogP contribution in [0.15, 0.2) is 200 Å². The number of hydrogen-bond acceptors (Lipinski definition) is 2. The molecule has 2 heteroatoms. The second-order valence-electron chi connectivity index (χ2n) is 17.8. The van der Waals surface area contributed by atoms with Gasteiger partial charge in [0.05, 0.1) is 11.4 Å². The molecule has 8 aromatic carbocycles. The molecule has 1 aliphatic rings. The highest BCUT2D eigenvalue weighted by molar-refractivity contribution is 6.08. The number of ether oxygens (including phenoxy) is 1. The number of para-hydroxylation sites is 1. The van der Waals surface area contributed by atoms with Crippen LogP contribution in [-0.2, 0) is 10.8 Å². The number of hydrogen-bond donors (Lipinski definition) is 0. The molecule has 8 aromatic rings. The Bertz CT molecular complexity index is 2680. The second-order valence-corrected chi connectivity index (χ2v) is 17.8. The number of rotatable bonds is 7. The Hall–Kier alpha value is -6.90. The fourth-order valence-corrected chi connectivity index (χ4v) is 8.40. The predicted molar refractivity (Wildman–Crippen MR) is 254 cm³/mol. The van der Waals surface area contributed by atoms with E-state index in [2.05, 4.69) is 247 Å². The Balaban J connectivity index is 1.35. The van der Waals surface area contributed by atoms with Crippen molar-refractivity contribution < 1.29 is 4.74 Å². The molecular weight excluding hydrogens is 727 g/mol. The molecule has 0 unspecified atom stereocenters. The quantitative estimate of drug-likeness (QED) is 0.160. The molecule has 0 amide bonds. The summed E-state index contributed by atoms with van der Waals surface area (Å²) in [6.45, 7) is 13.7. The van der Waals surface area contributed by atoms with Crippen molar-refractivity contribution >= 4 is 28.2 Å². The maximum Gasteiger partial charge on any atom is 0.137 e. The molecule has 9 rings (SSSR count). The van der Waals surface area contributed by atoms with E-state index in [0.29, 0.717) is 0 Å². The lowest BCUT2D eigenvalue weighted by Gasteiger charge is -2.33. The third-order valence-corrected chi connectivity index (χ3v) is 11.6. The van der Waals surface area contributed by atoms with Crippen LogP contribution in [0.1, 0.15) is 74.9 Å². The molecule has 0 aromatic heterocycles. The zero-order valence-electron chi connectivity index (χ0n) is 35.4. The van der Waals surface area contributed by atoms with Gasteiger partial charge in [-0.3, -0.25) is 0 Å². The Morgan fingerprint density at radius 2 is 0.817 bits per heavy atom. The van der Waals surface area contributed by atoms with Gasteiger partial charge in [-0.1, -0.05) is 193 Å². The number of benzene rings is 8. The molecule has 0 aliphatic carbocycles. The van der Waals surface area contributed by atoms with Gasteiger partial charge in [0.1, 0.15) is 11.5 Å². The minimum absolute atomic E-state index is 0.0402. The third-order valence-electron chi connectivity index (χ3n) is 11.6. The van der Waals surface area contributed by atoms with Crippen molar-refractivity contribution in [2.75, 3.05) is 4.90 Å². The molecule has 2 nitrogen and oxygen atoms in total. The first kappa shape index (κ1) is 38.6. The smallest absolute Gasteiger partial charge is 0.137 e. The maximum atomic E-state index is 6.99. The zero-order chi connectivity index (χ0) is 41.4. The summed E-state index contributed by atoms with van der Waals surface area (Å²) in [6.07, 6.45) is 0. The molecule has 0 spiro atoms. The van der Waals surface area contributed by atoms with Crippen molar-refractivity contribution in [2.45, 2.75) is 52.4 Å². The minimum Gasteiger partial charge on any atom is -0.456 e. The molecule has 0 fully saturated rings. The van der Waals surface area contributed by atoms with Crippen molar-refractivity contribution in [3.05, 3.63) is 234 Å². The molecule has 0 bridgehead atoms. The van der Waals surface area contributed by atoms with Gasteiger partial charge in [-0.2, -0.15) is 0 Å². The van der Waals surface area contributed by atoms with Gasteiger partial charge in [0.25, 0.3) is 0 Å². The van der Waals surface area contributed by atoms with E-state index in [-0.39, 0.29) is 10.8 Å². The molecule has 0 radical (unpaired) electrons. The van der Waals surface area contributed by atoms with Crippen LogP contribution < -0.4 is 9.64 Å². The van der Waals surface area contributed by atoms with Crippen LogP contribution in [0.4, 0.5) is 17.1 Å². The molecule has 1 aliphatic heterocycles. The summed E-state index contributed by atoms with van der Waals surface area (Å²) in [5.41, 5.74) is 17.1. The largest absolute Gasteiger partial charge is 0.456 e. The van der Waals surface area contributed by atoms with Gasteiger partial charge in [-0.25, -0.2) is 0 Å². The monoisotopic (exact) mass is 777 g/mol. The van der Waals surface area contributed by atoms with Crippen LogP contribution in [0.25, 0.3) is 33.4 Å². The van der Waals surface area contributed by atoms with Gasteiger partial charge in [-0.05, 0) is 92.2 Å². The summed E-state index contributed by atoms with van der Waals surface area (Å²) in [4.78, 5) is 2.45. The van der Waals surface area contributed by atoms with E-state index in [1.54, 1.807) is 0 Å². The highest BCUT2D eigenvalue weighted by atomic mass is 16.5. The molecule has 0 saturated heterocycles. The Morgan fingerprint density at radius 1 is 0.383 bits per heavy atom. The van der Waals surface area contributed by atoms with E-state index in [4.69, 9.17) is 4.74 Å². The molecule has 0 N–H and O–H groups in total. The molecule has 60 heavy (non-hydrogen) atoms. The summed E-state index contributed by atoms with van der Waals surface area (Å²) < 4.78 is 6.99. The second kappa shape index (κ2) is 15.7. The average Bonchev–Trinajstić information content (AvgIpc) is 3.27. The van der Waals surface area contributed by atoms with E-state index < -0.39 is 0 Å². The summed E-state index contributed by atoms with van der Waals surface area (Å²) >= 11 is 0. The maximum absolute atomic E-state index is 6.99. The van der Waals surface area contributed by atoms with Gasteiger partial charge < -0.3 is 9.64 Å². The van der Waals surface area contributed by atoms with E-state index in [1.165, 1.54) is 39.0 Å². The Kier molecular flexibility index (Phi) is 10.1. The third kappa shape index (κ3) is 7.46. The summed E-state index contributed by atoms with van der Waals surface area (Å²) in [7, 11) is 0. The van der Waals surface area contributed by atoms with Crippen molar-refractivity contribution in [1.82, 2.24) is 0 Å². The molecule has 1 heterocycles. The first-order valence-electron chi connectivity index (χ1n) is 21.0. The van der Waals surface area contributed by atoms with Crippen molar-refractivity contribution in [3.63, 3.8) is 0 Å². The standard InChI is InChI=1S/C58H51NO/c1-57(2,3)44-31-35-51(49(37-44)40-21-11-7-12-22-40)59(52-36-32-45(58(4,5)6)38-50(52)41-23-13-8-14-24-41)46-33-34-48-54(39-46)60-53-30-20-19-29-47(53)56(48)55(42-25-15-9-16-26-42)43-27-17-10-18-28-43/h7-39H,1-6H3. The minimum atomic E-state index is -0.0402. The van der Waals surface area contributed by atoms with Gasteiger partial charge in [0.15, 0.2) is 0 Å². The first-order valence-corrected chi connectivity index (χ1v) is 21.0. The van der Waals surface area contributed by atoms with Crippen molar-refractivity contribution in [3.8, 4) is 33.8 Å². The number of fused-ring (bicyclic) bond motifs is 2. The lowest BCUT2D eigenvalue weighted by atomic mass is 9.83. The summed E-state index contributed by atoms with van der Waals surface area (Å²) in [5.74, 6) is 1.66. The molecule has 0 atom stereocenters. The normalized spacial score (nSPS) is 12.3. The predicted octanol–water partition coefficient (Wildman–Crippen LogP) is 16.2. The summed E-state index contributed by atoms with van der Waals surface area (Å²) in [5, 5.41) is 0. The van der Waals surface area contributed by atoms with Crippen LogP contribution in [-0.4, -0.2) is 0 Å². The Labute approximate surface area is 356 Å². The SMILES string of the molecule is CC(C)(C)c1ccc(N(c2ccc3c(c2)Oc2ccccc2C3=C(c2ccccc2)c2ccccc2)c2ccc(C(C)(C)C)cc2-c2ccccc2)c(-c2ccccc2)c1. The van der Waals surface area contributed by atoms with Crippen LogP contribution in [0.3, 0.4) is 0 Å². The van der Waals surface area contributed by atoms with Gasteiger partial charge >= 0.3 is 0 Å². The Morgan fingerprint density at radius 3 is 1.30 bits per heavy atom. The molecule has 0 saturated carbocycles. The van der Waals surface area contributed by atoms with E-state index >= 15 is 0 Å². The zero-order valence-corrected chi connectivity index (χ0v) is 35.4. The fraction of sp³-hybridized carbons (Fsp3) is 0.138. The lowest BCUT2D eigenvalue weighted by molar-refractivity contribution is 0.474.